The van der Waals surface area contributed by atoms with Crippen molar-refractivity contribution >= 4 is 34.7 Å². The maximum atomic E-state index is 10.9. The Morgan fingerprint density at radius 2 is 2.25 bits per heavy atom. The highest BCUT2D eigenvalue weighted by molar-refractivity contribution is 8.15. The second-order valence-corrected chi connectivity index (χ2v) is 3.62. The zero-order valence-corrected chi connectivity index (χ0v) is 8.80. The van der Waals surface area contributed by atoms with Gasteiger partial charge >= 0.3 is 0 Å². The molecule has 3 nitrogen and oxygen atoms in total. The molecule has 0 amide bonds. The van der Waals surface area contributed by atoms with Crippen LogP contribution in [0.3, 0.4) is 0 Å². The summed E-state index contributed by atoms with van der Waals surface area (Å²) in [4.78, 5) is 10.9. The molecular formula is C7H12N2OS2. The van der Waals surface area contributed by atoms with Gasteiger partial charge < -0.3 is 0 Å². The smallest absolute Gasteiger partial charge is 0.161 e. The second-order valence-electron chi connectivity index (χ2n) is 1.97. The van der Waals surface area contributed by atoms with Crippen molar-refractivity contribution in [2.75, 3.05) is 5.75 Å². The average Bonchev–Trinajstić information content (AvgIpc) is 2.03. The Hall–Kier alpha value is -0.260. The van der Waals surface area contributed by atoms with Crippen molar-refractivity contribution in [3.63, 3.8) is 0 Å². The summed E-state index contributed by atoms with van der Waals surface area (Å²) in [6, 6.07) is 0. The van der Waals surface area contributed by atoms with E-state index in [0.717, 1.165) is 17.9 Å². The number of hydrogen-bond acceptors (Lipinski definition) is 5. The highest BCUT2D eigenvalue weighted by Gasteiger charge is 2.08. The fourth-order valence-electron chi connectivity index (χ4n) is 0.504. The number of carbonyl (C=O) groups excluding carboxylic acids is 1. The molecule has 0 radical (unpaired) electrons. The van der Waals surface area contributed by atoms with Crippen LogP contribution in [0, 0.1) is 0 Å². The zero-order chi connectivity index (χ0) is 9.56. The summed E-state index contributed by atoms with van der Waals surface area (Å²) in [7, 11) is 0. The van der Waals surface area contributed by atoms with Gasteiger partial charge in [-0.3, -0.25) is 9.93 Å². The molecule has 0 rings (SSSR count). The van der Waals surface area contributed by atoms with Crippen LogP contribution in [0.5, 0.6) is 0 Å². The largest absolute Gasteiger partial charge is 0.294 e. The number of nitrogens with zero attached hydrogens (tertiary/aromatic N) is 1. The molecule has 68 valence electrons. The van der Waals surface area contributed by atoms with E-state index in [4.69, 9.17) is 5.14 Å². The molecule has 0 spiro atoms. The summed E-state index contributed by atoms with van der Waals surface area (Å²) in [6.07, 6.45) is 0. The van der Waals surface area contributed by atoms with Crippen LogP contribution in [-0.4, -0.2) is 16.6 Å². The predicted octanol–water partition coefficient (Wildman–Crippen LogP) is 1.81. The van der Waals surface area contributed by atoms with Crippen LogP contribution < -0.4 is 5.14 Å². The molecule has 5 heteroatoms. The minimum absolute atomic E-state index is 0.0660. The Morgan fingerprint density at radius 3 is 2.58 bits per heavy atom. The molecule has 0 aromatic rings. The summed E-state index contributed by atoms with van der Waals surface area (Å²) >= 11 is 2.32. The van der Waals surface area contributed by atoms with Crippen LogP contribution in [0.15, 0.2) is 16.5 Å². The monoisotopic (exact) mass is 204 g/mol. The lowest BCUT2D eigenvalue weighted by atomic mass is 10.2. The van der Waals surface area contributed by atoms with Gasteiger partial charge in [-0.1, -0.05) is 13.5 Å². The maximum Gasteiger partial charge on any atom is 0.161 e. The van der Waals surface area contributed by atoms with Gasteiger partial charge in [0.2, 0.25) is 0 Å². The van der Waals surface area contributed by atoms with Crippen molar-refractivity contribution < 1.29 is 4.79 Å². The van der Waals surface area contributed by atoms with Gasteiger partial charge in [0.15, 0.2) is 5.78 Å². The normalized spacial score (nSPS) is 11.4. The molecule has 0 aliphatic carbocycles. The fourth-order valence-corrected chi connectivity index (χ4v) is 1.64. The third-order valence-corrected chi connectivity index (χ3v) is 2.40. The van der Waals surface area contributed by atoms with Gasteiger partial charge in [-0.25, -0.2) is 0 Å². The lowest BCUT2D eigenvalue weighted by molar-refractivity contribution is -0.113. The van der Waals surface area contributed by atoms with Crippen molar-refractivity contribution in [3.05, 3.63) is 12.2 Å². The molecule has 0 heterocycles. The van der Waals surface area contributed by atoms with Gasteiger partial charge in [-0.15, -0.1) is 11.8 Å². The van der Waals surface area contributed by atoms with Gasteiger partial charge in [0.1, 0.15) is 5.04 Å². The van der Waals surface area contributed by atoms with Crippen molar-refractivity contribution in [1.29, 1.82) is 0 Å². The predicted molar refractivity (Wildman–Crippen MR) is 57.2 cm³/mol. The number of thioether (sulfide) groups is 1. The molecule has 0 aliphatic rings. The molecule has 0 aromatic heterocycles. The zero-order valence-electron chi connectivity index (χ0n) is 7.16. The maximum absolute atomic E-state index is 10.9. The summed E-state index contributed by atoms with van der Waals surface area (Å²) in [5.41, 5.74) is 0.430. The SMILES string of the molecule is C=C(C(C)=O)/C(=N\SN)SCC. The Labute approximate surface area is 81.2 Å². The van der Waals surface area contributed by atoms with Gasteiger partial charge in [0.25, 0.3) is 0 Å². The highest BCUT2D eigenvalue weighted by atomic mass is 32.2. The van der Waals surface area contributed by atoms with Crippen LogP contribution in [0.1, 0.15) is 13.8 Å². The quantitative estimate of drug-likeness (QED) is 0.328. The third kappa shape index (κ3) is 3.94. The molecule has 0 aromatic carbocycles. The fraction of sp³-hybridized carbons (Fsp3) is 0.429. The standard InChI is InChI=1S/C7H12N2OS2/c1-4-11-7(9-12-8)5(2)6(3)10/h2,4,8H2,1,3H3/b9-7+. The van der Waals surface area contributed by atoms with E-state index in [2.05, 4.69) is 11.0 Å². The average molecular weight is 204 g/mol. The van der Waals surface area contributed by atoms with Gasteiger partial charge in [-0.05, 0) is 12.7 Å². The first-order chi connectivity index (χ1) is 5.63. The molecule has 0 unspecified atom stereocenters. The van der Waals surface area contributed by atoms with E-state index in [1.165, 1.54) is 18.7 Å². The van der Waals surface area contributed by atoms with Crippen molar-refractivity contribution in [2.45, 2.75) is 13.8 Å². The lowest BCUT2D eigenvalue weighted by Gasteiger charge is -2.02. The number of carbonyl (C=O) groups is 1. The first-order valence-corrected chi connectivity index (χ1v) is 5.22. The second kappa shape index (κ2) is 6.28. The Balaban J connectivity index is 4.40. The van der Waals surface area contributed by atoms with E-state index in [9.17, 15) is 4.79 Å². The molecule has 0 saturated heterocycles. The molecular weight excluding hydrogens is 192 g/mol. The highest BCUT2D eigenvalue weighted by Crippen LogP contribution is 2.14. The minimum atomic E-state index is -0.0660. The van der Waals surface area contributed by atoms with Gasteiger partial charge in [-0.2, -0.15) is 4.40 Å². The lowest BCUT2D eigenvalue weighted by Crippen LogP contribution is -2.05. The Bertz CT molecular complexity index is 213. The van der Waals surface area contributed by atoms with Crippen LogP contribution in [-0.2, 0) is 4.79 Å². The molecule has 0 aliphatic heterocycles. The first kappa shape index (κ1) is 11.7. The molecule has 12 heavy (non-hydrogen) atoms. The summed E-state index contributed by atoms with van der Waals surface area (Å²) in [5, 5.41) is 5.78. The van der Waals surface area contributed by atoms with Crippen molar-refractivity contribution in [3.8, 4) is 0 Å². The Morgan fingerprint density at radius 1 is 1.67 bits per heavy atom. The van der Waals surface area contributed by atoms with Crippen molar-refractivity contribution in [2.24, 2.45) is 9.54 Å². The number of ketones is 1. The number of hydrogen-bond donors (Lipinski definition) is 1. The van der Waals surface area contributed by atoms with Crippen LogP contribution >= 0.6 is 23.9 Å². The van der Waals surface area contributed by atoms with E-state index in [1.807, 2.05) is 6.92 Å². The van der Waals surface area contributed by atoms with Gasteiger partial charge in [0, 0.05) is 5.57 Å². The third-order valence-electron chi connectivity index (χ3n) is 1.10. The summed E-state index contributed by atoms with van der Waals surface area (Å²) < 4.78 is 3.89. The topological polar surface area (TPSA) is 55.5 Å². The van der Waals surface area contributed by atoms with Crippen LogP contribution in [0.25, 0.3) is 0 Å². The van der Waals surface area contributed by atoms with E-state index in [1.54, 1.807) is 0 Å². The van der Waals surface area contributed by atoms with Crippen LogP contribution in [0.4, 0.5) is 0 Å². The molecule has 0 atom stereocenters. The molecule has 0 saturated carbocycles. The Kier molecular flexibility index (Phi) is 6.14. The molecule has 0 bridgehead atoms. The molecule has 2 N–H and O–H groups in total. The van der Waals surface area contributed by atoms with E-state index in [-0.39, 0.29) is 5.78 Å². The van der Waals surface area contributed by atoms with Crippen LogP contribution in [0.2, 0.25) is 0 Å². The van der Waals surface area contributed by atoms with Gasteiger partial charge in [0.05, 0.1) is 12.1 Å². The number of nitrogens with two attached hydrogens (primary N) is 1. The molecule has 0 fully saturated rings. The van der Waals surface area contributed by atoms with E-state index >= 15 is 0 Å². The van der Waals surface area contributed by atoms with E-state index < -0.39 is 0 Å². The minimum Gasteiger partial charge on any atom is -0.294 e. The van der Waals surface area contributed by atoms with E-state index in [0.29, 0.717) is 10.6 Å². The number of Topliss-reactive ketones (excluding diaryl/α,β-unsaturated/α-hetero) is 1. The number of rotatable bonds is 4. The summed E-state index contributed by atoms with van der Waals surface area (Å²) in [5.74, 6) is 0.787. The first-order valence-electron chi connectivity index (χ1n) is 3.40. The van der Waals surface area contributed by atoms with Crippen molar-refractivity contribution in [1.82, 2.24) is 0 Å². The summed E-state index contributed by atoms with van der Waals surface area (Å²) in [6.45, 7) is 7.07.